The van der Waals surface area contributed by atoms with E-state index >= 15 is 0 Å². The molecule has 3 heterocycles. The van der Waals surface area contributed by atoms with Gasteiger partial charge in [0.1, 0.15) is 5.69 Å². The van der Waals surface area contributed by atoms with E-state index in [2.05, 4.69) is 4.98 Å². The van der Waals surface area contributed by atoms with E-state index in [1.54, 1.807) is 11.8 Å². The van der Waals surface area contributed by atoms with Crippen LogP contribution in [0.3, 0.4) is 0 Å². The van der Waals surface area contributed by atoms with Crippen LogP contribution in [0.15, 0.2) is 41.9 Å². The summed E-state index contributed by atoms with van der Waals surface area (Å²) in [5.41, 5.74) is 2.46. The summed E-state index contributed by atoms with van der Waals surface area (Å²) in [5.74, 6) is -0.508. The van der Waals surface area contributed by atoms with E-state index in [1.165, 1.54) is 11.3 Å². The van der Waals surface area contributed by atoms with Gasteiger partial charge in [-0.2, -0.15) is 0 Å². The third-order valence-electron chi connectivity index (χ3n) is 4.83. The van der Waals surface area contributed by atoms with Gasteiger partial charge in [0.15, 0.2) is 4.96 Å². The second-order valence-electron chi connectivity index (χ2n) is 6.61. The molecule has 1 unspecified atom stereocenters. The minimum Gasteiger partial charge on any atom is -0.466 e. The van der Waals surface area contributed by atoms with Crippen LogP contribution in [0.2, 0.25) is 0 Å². The number of amides is 1. The van der Waals surface area contributed by atoms with Crippen molar-refractivity contribution in [3.05, 3.63) is 47.6 Å². The van der Waals surface area contributed by atoms with Gasteiger partial charge in [0, 0.05) is 30.2 Å². The fraction of sp³-hybridized carbons (Fsp3) is 0.350. The normalized spacial score (nSPS) is 17.2. The Balaban J connectivity index is 1.57. The van der Waals surface area contributed by atoms with Crippen LogP contribution < -0.4 is 0 Å². The molecule has 1 aliphatic heterocycles. The van der Waals surface area contributed by atoms with Crippen molar-refractivity contribution in [2.24, 2.45) is 5.92 Å². The summed E-state index contributed by atoms with van der Waals surface area (Å²) < 4.78 is 6.98. The van der Waals surface area contributed by atoms with E-state index in [-0.39, 0.29) is 17.8 Å². The minimum atomic E-state index is -0.237. The molecule has 0 aliphatic carbocycles. The molecule has 0 radical (unpaired) electrons. The lowest BCUT2D eigenvalue weighted by Gasteiger charge is -2.31. The molecule has 1 atom stereocenters. The molecule has 4 rings (SSSR count). The number of likely N-dealkylation sites (tertiary alicyclic amines) is 1. The number of esters is 1. The first-order chi connectivity index (χ1) is 13.2. The van der Waals surface area contributed by atoms with Gasteiger partial charge >= 0.3 is 5.97 Å². The van der Waals surface area contributed by atoms with Crippen LogP contribution in [0, 0.1) is 5.92 Å². The number of nitrogens with zero attached hydrogens (tertiary/aromatic N) is 3. The van der Waals surface area contributed by atoms with Crippen LogP contribution in [0.1, 0.15) is 30.3 Å². The van der Waals surface area contributed by atoms with Gasteiger partial charge in [-0.25, -0.2) is 4.98 Å². The van der Waals surface area contributed by atoms with E-state index in [9.17, 15) is 9.59 Å². The number of benzene rings is 1. The number of carbonyl (C=O) groups is 2. The third-order valence-corrected chi connectivity index (χ3v) is 5.67. The van der Waals surface area contributed by atoms with Crippen LogP contribution >= 0.6 is 11.3 Å². The van der Waals surface area contributed by atoms with Crippen molar-refractivity contribution in [3.63, 3.8) is 0 Å². The smallest absolute Gasteiger partial charge is 0.310 e. The summed E-state index contributed by atoms with van der Waals surface area (Å²) in [6, 6.07) is 9.91. The highest BCUT2D eigenvalue weighted by Crippen LogP contribution is 2.26. The van der Waals surface area contributed by atoms with Crippen molar-refractivity contribution >= 4 is 28.2 Å². The molecule has 3 aromatic rings. The Morgan fingerprint density at radius 2 is 2.11 bits per heavy atom. The van der Waals surface area contributed by atoms with Crippen LogP contribution in [0.25, 0.3) is 16.2 Å². The van der Waals surface area contributed by atoms with Crippen molar-refractivity contribution in [2.45, 2.75) is 19.8 Å². The molecule has 7 heteroatoms. The van der Waals surface area contributed by atoms with Crippen LogP contribution in [0.5, 0.6) is 0 Å². The number of rotatable bonds is 4. The molecule has 1 fully saturated rings. The maximum atomic E-state index is 13.1. The van der Waals surface area contributed by atoms with E-state index in [0.717, 1.165) is 29.1 Å². The van der Waals surface area contributed by atoms with E-state index in [1.807, 2.05) is 46.3 Å². The predicted octanol–water partition coefficient (Wildman–Crippen LogP) is 3.48. The van der Waals surface area contributed by atoms with Gasteiger partial charge in [-0.15, -0.1) is 11.3 Å². The standard InChI is InChI=1S/C20H21N3O3S/c1-2-26-19(25)15-9-6-10-22(11-15)18(24)17-13-27-20-21-16(12-23(17)20)14-7-4-3-5-8-14/h3-5,7-8,12-13,15H,2,6,9-11H2,1H3. The summed E-state index contributed by atoms with van der Waals surface area (Å²) in [6.07, 6.45) is 3.48. The number of hydrogen-bond acceptors (Lipinski definition) is 5. The molecule has 1 aliphatic rings. The Labute approximate surface area is 161 Å². The highest BCUT2D eigenvalue weighted by atomic mass is 32.1. The molecule has 1 amide bonds. The Bertz CT molecular complexity index is 963. The Hall–Kier alpha value is -2.67. The molecule has 0 saturated carbocycles. The van der Waals surface area contributed by atoms with Crippen LogP contribution in [-0.2, 0) is 9.53 Å². The van der Waals surface area contributed by atoms with Gasteiger partial charge in [-0.05, 0) is 19.8 Å². The average Bonchev–Trinajstić information content (AvgIpc) is 3.29. The highest BCUT2D eigenvalue weighted by Gasteiger charge is 2.31. The van der Waals surface area contributed by atoms with E-state index in [4.69, 9.17) is 4.74 Å². The van der Waals surface area contributed by atoms with Gasteiger partial charge in [0.25, 0.3) is 5.91 Å². The maximum absolute atomic E-state index is 13.1. The van der Waals surface area contributed by atoms with Crippen molar-refractivity contribution in [3.8, 4) is 11.3 Å². The first kappa shape index (κ1) is 17.7. The number of fused-ring (bicyclic) bond motifs is 1. The number of carbonyl (C=O) groups excluding carboxylic acids is 2. The van der Waals surface area contributed by atoms with E-state index < -0.39 is 0 Å². The number of aromatic nitrogens is 2. The lowest BCUT2D eigenvalue weighted by Crippen LogP contribution is -2.43. The van der Waals surface area contributed by atoms with Gasteiger partial charge in [-0.1, -0.05) is 30.3 Å². The number of thiazole rings is 1. The minimum absolute atomic E-state index is 0.0627. The zero-order valence-electron chi connectivity index (χ0n) is 15.1. The van der Waals surface area contributed by atoms with Crippen molar-refractivity contribution in [2.75, 3.05) is 19.7 Å². The molecule has 27 heavy (non-hydrogen) atoms. The summed E-state index contributed by atoms with van der Waals surface area (Å²) in [4.78, 5) is 32.3. The summed E-state index contributed by atoms with van der Waals surface area (Å²) in [6.45, 7) is 3.24. The Morgan fingerprint density at radius 3 is 2.89 bits per heavy atom. The zero-order valence-corrected chi connectivity index (χ0v) is 15.9. The highest BCUT2D eigenvalue weighted by molar-refractivity contribution is 7.15. The molecule has 6 nitrogen and oxygen atoms in total. The molecule has 0 N–H and O–H groups in total. The Morgan fingerprint density at radius 1 is 1.30 bits per heavy atom. The predicted molar refractivity (Wildman–Crippen MR) is 104 cm³/mol. The van der Waals surface area contributed by atoms with Crippen LogP contribution in [-0.4, -0.2) is 45.9 Å². The zero-order chi connectivity index (χ0) is 18.8. The third kappa shape index (κ3) is 3.47. The maximum Gasteiger partial charge on any atom is 0.310 e. The fourth-order valence-electron chi connectivity index (χ4n) is 3.46. The van der Waals surface area contributed by atoms with Gasteiger partial charge in [0.05, 0.1) is 18.2 Å². The molecule has 0 bridgehead atoms. The monoisotopic (exact) mass is 383 g/mol. The molecule has 1 aromatic carbocycles. The van der Waals surface area contributed by atoms with Gasteiger partial charge in [-0.3, -0.25) is 14.0 Å². The van der Waals surface area contributed by atoms with Gasteiger partial charge < -0.3 is 9.64 Å². The van der Waals surface area contributed by atoms with Gasteiger partial charge in [0.2, 0.25) is 0 Å². The molecular weight excluding hydrogens is 362 g/mol. The lowest BCUT2D eigenvalue weighted by atomic mass is 9.98. The molecule has 140 valence electrons. The Kier molecular flexibility index (Phi) is 4.94. The molecule has 1 saturated heterocycles. The number of piperidine rings is 1. The molecular formula is C20H21N3O3S. The quantitative estimate of drug-likeness (QED) is 0.647. The fourth-order valence-corrected chi connectivity index (χ4v) is 4.31. The van der Waals surface area contributed by atoms with Crippen LogP contribution in [0.4, 0.5) is 0 Å². The second-order valence-corrected chi connectivity index (χ2v) is 7.44. The average molecular weight is 383 g/mol. The first-order valence-corrected chi connectivity index (χ1v) is 10.0. The van der Waals surface area contributed by atoms with Crippen molar-refractivity contribution in [1.82, 2.24) is 14.3 Å². The molecule has 0 spiro atoms. The molecule has 2 aromatic heterocycles. The largest absolute Gasteiger partial charge is 0.466 e. The van der Waals surface area contributed by atoms with Crippen molar-refractivity contribution in [1.29, 1.82) is 0 Å². The number of ether oxygens (including phenoxy) is 1. The summed E-state index contributed by atoms with van der Waals surface area (Å²) in [7, 11) is 0. The topological polar surface area (TPSA) is 63.9 Å². The van der Waals surface area contributed by atoms with E-state index in [0.29, 0.717) is 25.4 Å². The SMILES string of the molecule is CCOC(=O)C1CCCN(C(=O)c2csc3nc(-c4ccccc4)cn23)C1. The lowest BCUT2D eigenvalue weighted by molar-refractivity contribution is -0.149. The van der Waals surface area contributed by atoms with Crippen molar-refractivity contribution < 1.29 is 14.3 Å². The summed E-state index contributed by atoms with van der Waals surface area (Å²) >= 11 is 1.45. The second kappa shape index (κ2) is 7.52. The number of imidazole rings is 1. The number of hydrogen-bond donors (Lipinski definition) is 0. The first-order valence-electron chi connectivity index (χ1n) is 9.15. The summed E-state index contributed by atoms with van der Waals surface area (Å²) in [5, 5.41) is 1.84.